The third-order valence-electron chi connectivity index (χ3n) is 6.29. The molecule has 0 unspecified atom stereocenters. The molecule has 36 heavy (non-hydrogen) atoms. The van der Waals surface area contributed by atoms with Crippen LogP contribution in [-0.2, 0) is 36.7 Å². The minimum atomic E-state index is -1.44. The summed E-state index contributed by atoms with van der Waals surface area (Å²) >= 11 is 0. The number of ether oxygens (including phenoxy) is 2. The molecule has 4 rings (SSSR count). The van der Waals surface area contributed by atoms with Crippen molar-refractivity contribution in [2.75, 3.05) is 13.2 Å². The largest absolute Gasteiger partial charge is 0.490 e. The lowest BCUT2D eigenvalue weighted by atomic mass is 9.90. The lowest BCUT2D eigenvalue weighted by Crippen LogP contribution is -2.32. The van der Waals surface area contributed by atoms with Crippen LogP contribution < -0.4 is 16.0 Å². The number of aromatic nitrogens is 5. The fraction of sp³-hybridized carbons (Fsp3) is 0.500. The number of hydrogen-bond donors (Lipinski definition) is 2. The molecule has 0 saturated heterocycles. The molecule has 1 aliphatic carbocycles. The molecule has 1 atom stereocenters. The van der Waals surface area contributed by atoms with E-state index in [0.29, 0.717) is 23.8 Å². The molecular weight excluding hydrogens is 476 g/mol. The fourth-order valence-corrected chi connectivity index (χ4v) is 3.80. The molecule has 1 aromatic carbocycles. The zero-order chi connectivity index (χ0) is 25.7. The Morgan fingerprint density at radius 3 is 2.78 bits per heavy atom. The smallest absolute Gasteiger partial charge is 0.330 e. The number of nitrogens with one attached hydrogen (secondary N) is 1. The highest BCUT2D eigenvalue weighted by molar-refractivity contribution is 5.34. The minimum absolute atomic E-state index is 0.0427. The van der Waals surface area contributed by atoms with Crippen molar-refractivity contribution >= 4 is 0 Å². The van der Waals surface area contributed by atoms with E-state index in [2.05, 4.69) is 15.3 Å². The van der Waals surface area contributed by atoms with E-state index < -0.39 is 29.3 Å². The summed E-state index contributed by atoms with van der Waals surface area (Å²) in [7, 11) is 0. The van der Waals surface area contributed by atoms with Gasteiger partial charge in [-0.1, -0.05) is 18.2 Å². The number of aromatic amines is 1. The number of aliphatic hydroxyl groups is 1. The van der Waals surface area contributed by atoms with Gasteiger partial charge in [-0.25, -0.2) is 18.3 Å². The topological polar surface area (TPSA) is 124 Å². The average Bonchev–Trinajstić information content (AvgIpc) is 3.62. The molecule has 0 aliphatic heterocycles. The first-order valence-corrected chi connectivity index (χ1v) is 11.8. The van der Waals surface area contributed by atoms with Gasteiger partial charge in [0.1, 0.15) is 24.7 Å². The monoisotopic (exact) mass is 505 g/mol. The second kappa shape index (κ2) is 11.1. The second-order valence-electron chi connectivity index (χ2n) is 8.93. The van der Waals surface area contributed by atoms with Gasteiger partial charge < -0.3 is 14.6 Å². The van der Waals surface area contributed by atoms with Crippen LogP contribution in [0.1, 0.15) is 43.1 Å². The summed E-state index contributed by atoms with van der Waals surface area (Å²) in [6, 6.07) is 5.47. The van der Waals surface area contributed by atoms with Crippen LogP contribution in [0.5, 0.6) is 5.75 Å². The van der Waals surface area contributed by atoms with Crippen LogP contribution in [0.15, 0.2) is 40.1 Å². The van der Waals surface area contributed by atoms with Gasteiger partial charge in [0.15, 0.2) is 11.6 Å². The van der Waals surface area contributed by atoms with Crippen molar-refractivity contribution in [1.29, 1.82) is 0 Å². The van der Waals surface area contributed by atoms with Gasteiger partial charge in [0.05, 0.1) is 25.5 Å². The zero-order valence-corrected chi connectivity index (χ0v) is 20.0. The summed E-state index contributed by atoms with van der Waals surface area (Å²) in [4.78, 5) is 25.1. The Bertz CT molecular complexity index is 1300. The van der Waals surface area contributed by atoms with Gasteiger partial charge in [-0.05, 0) is 42.9 Å². The Labute approximate surface area is 205 Å². The van der Waals surface area contributed by atoms with Gasteiger partial charge in [-0.15, -0.1) is 5.10 Å². The van der Waals surface area contributed by atoms with Crippen molar-refractivity contribution in [3.8, 4) is 5.75 Å². The third kappa shape index (κ3) is 6.05. The predicted octanol–water partition coefficient (Wildman–Crippen LogP) is 2.04. The molecule has 2 aromatic heterocycles. The number of halogens is 2. The lowest BCUT2D eigenvalue weighted by Gasteiger charge is -2.28. The Balaban J connectivity index is 1.46. The summed E-state index contributed by atoms with van der Waals surface area (Å²) < 4.78 is 41.6. The third-order valence-corrected chi connectivity index (χ3v) is 6.29. The van der Waals surface area contributed by atoms with Crippen molar-refractivity contribution in [2.45, 2.75) is 58.2 Å². The second-order valence-corrected chi connectivity index (χ2v) is 8.93. The van der Waals surface area contributed by atoms with Crippen LogP contribution in [0, 0.1) is 11.7 Å². The van der Waals surface area contributed by atoms with Gasteiger partial charge in [0.2, 0.25) is 0 Å². The van der Waals surface area contributed by atoms with Gasteiger partial charge in [0, 0.05) is 18.7 Å². The molecular formula is C24H29F2N5O5. The van der Waals surface area contributed by atoms with Gasteiger partial charge in [-0.2, -0.15) is 0 Å². The summed E-state index contributed by atoms with van der Waals surface area (Å²) in [5.74, 6) is 0.0261. The summed E-state index contributed by atoms with van der Waals surface area (Å²) in [6.45, 7) is 1.31. The van der Waals surface area contributed by atoms with Crippen LogP contribution in [-0.4, -0.2) is 42.9 Å². The number of benzene rings is 1. The fourth-order valence-electron chi connectivity index (χ4n) is 3.80. The van der Waals surface area contributed by atoms with E-state index in [1.54, 1.807) is 6.92 Å². The van der Waals surface area contributed by atoms with Crippen molar-refractivity contribution in [3.63, 3.8) is 0 Å². The Morgan fingerprint density at radius 2 is 2.08 bits per heavy atom. The molecule has 12 heteroatoms. The summed E-state index contributed by atoms with van der Waals surface area (Å²) in [5.41, 5.74) is -1.55. The van der Waals surface area contributed by atoms with E-state index in [-0.39, 0.29) is 44.2 Å². The van der Waals surface area contributed by atoms with Crippen molar-refractivity contribution in [1.82, 2.24) is 24.5 Å². The van der Waals surface area contributed by atoms with Crippen LogP contribution in [0.3, 0.4) is 0 Å². The first-order valence-electron chi connectivity index (χ1n) is 11.8. The molecule has 1 aliphatic rings. The molecule has 2 heterocycles. The number of H-pyrrole nitrogens is 1. The molecule has 0 amide bonds. The quantitative estimate of drug-likeness (QED) is 0.341. The molecule has 10 nitrogen and oxygen atoms in total. The van der Waals surface area contributed by atoms with E-state index >= 15 is 0 Å². The maximum Gasteiger partial charge on any atom is 0.330 e. The molecule has 3 aromatic rings. The SMILES string of the molecule is CC[C@@](O)(Cn1nnc(CF)c1CCOCn1ccc(=O)[nH]c1=O)c1ccc(F)c(OCC2CC2)c1. The van der Waals surface area contributed by atoms with E-state index in [1.807, 2.05) is 0 Å². The zero-order valence-electron chi connectivity index (χ0n) is 20.0. The van der Waals surface area contributed by atoms with Crippen molar-refractivity contribution in [3.05, 3.63) is 74.1 Å². The Hall–Kier alpha value is -3.38. The average molecular weight is 506 g/mol. The first-order chi connectivity index (χ1) is 17.3. The van der Waals surface area contributed by atoms with Crippen molar-refractivity contribution in [2.24, 2.45) is 5.92 Å². The highest BCUT2D eigenvalue weighted by atomic mass is 19.1. The molecule has 1 fully saturated rings. The summed E-state index contributed by atoms with van der Waals surface area (Å²) in [5, 5.41) is 19.4. The lowest BCUT2D eigenvalue weighted by molar-refractivity contribution is 0.00875. The predicted molar refractivity (Wildman–Crippen MR) is 125 cm³/mol. The number of rotatable bonds is 13. The van der Waals surface area contributed by atoms with E-state index in [9.17, 15) is 23.5 Å². The molecule has 1 saturated carbocycles. The van der Waals surface area contributed by atoms with E-state index in [1.165, 1.54) is 39.7 Å². The van der Waals surface area contributed by atoms with Crippen LogP contribution in [0.2, 0.25) is 0 Å². The number of nitrogens with zero attached hydrogens (tertiary/aromatic N) is 4. The minimum Gasteiger partial charge on any atom is -0.490 e. The van der Waals surface area contributed by atoms with Crippen LogP contribution >= 0.6 is 0 Å². The van der Waals surface area contributed by atoms with E-state index in [0.717, 1.165) is 12.8 Å². The summed E-state index contributed by atoms with van der Waals surface area (Å²) in [6.07, 6.45) is 3.93. The highest BCUT2D eigenvalue weighted by Gasteiger charge is 2.31. The first kappa shape index (κ1) is 25.7. The maximum atomic E-state index is 14.3. The normalized spacial score (nSPS) is 15.1. The van der Waals surface area contributed by atoms with E-state index in [4.69, 9.17) is 9.47 Å². The van der Waals surface area contributed by atoms with Gasteiger partial charge in [0.25, 0.3) is 5.56 Å². The van der Waals surface area contributed by atoms with Gasteiger partial charge >= 0.3 is 5.69 Å². The van der Waals surface area contributed by atoms with Crippen LogP contribution in [0.25, 0.3) is 0 Å². The number of hydrogen-bond acceptors (Lipinski definition) is 7. The molecule has 194 valence electrons. The molecule has 0 radical (unpaired) electrons. The maximum absolute atomic E-state index is 14.3. The van der Waals surface area contributed by atoms with Crippen LogP contribution in [0.4, 0.5) is 8.78 Å². The standard InChI is InChI=1S/C24H29F2N5O5/c1-2-24(34,17-5-6-18(26)21(11-17)36-13-16-3-4-16)14-31-20(19(12-25)28-29-31)8-10-35-15-30-9-7-22(32)27-23(30)33/h5-7,9,11,16,34H,2-4,8,10,12-15H2,1H3,(H,27,32,33)/t24-/m1/s1. The Kier molecular flexibility index (Phi) is 7.94. The van der Waals surface area contributed by atoms with Gasteiger partial charge in [-0.3, -0.25) is 14.3 Å². The van der Waals surface area contributed by atoms with Crippen molar-refractivity contribution < 1.29 is 23.4 Å². The molecule has 2 N–H and O–H groups in total. The molecule has 0 bridgehead atoms. The highest BCUT2D eigenvalue weighted by Crippen LogP contribution is 2.34. The number of alkyl halides is 1. The molecule has 0 spiro atoms. The Morgan fingerprint density at radius 1 is 1.28 bits per heavy atom.